The number of urea groups is 1. The van der Waals surface area contributed by atoms with E-state index in [4.69, 9.17) is 0 Å². The molecule has 0 spiro atoms. The van der Waals surface area contributed by atoms with E-state index in [1.165, 1.54) is 30.5 Å². The van der Waals surface area contributed by atoms with Crippen LogP contribution in [0.25, 0.3) is 0 Å². The largest absolute Gasteiger partial charge is 0.383 e. The van der Waals surface area contributed by atoms with E-state index in [1.807, 2.05) is 12.1 Å². The first kappa shape index (κ1) is 13.3. The molecule has 4 nitrogen and oxygen atoms in total. The maximum Gasteiger partial charge on any atom is 0.315 e. The van der Waals surface area contributed by atoms with E-state index in [0.717, 1.165) is 25.8 Å². The van der Waals surface area contributed by atoms with Crippen LogP contribution >= 0.6 is 0 Å². The van der Waals surface area contributed by atoms with Crippen LogP contribution in [0.15, 0.2) is 24.3 Å². The Kier molecular flexibility index (Phi) is 4.09. The van der Waals surface area contributed by atoms with E-state index < -0.39 is 0 Å². The summed E-state index contributed by atoms with van der Waals surface area (Å²) in [6.07, 6.45) is 6.94. The van der Waals surface area contributed by atoms with Crippen molar-refractivity contribution < 1.29 is 4.79 Å². The summed E-state index contributed by atoms with van der Waals surface area (Å²) in [5.74, 6) is 0. The third-order valence-corrected chi connectivity index (χ3v) is 4.30. The topological polar surface area (TPSA) is 53.2 Å². The highest BCUT2D eigenvalue weighted by atomic mass is 16.2. The molecule has 1 saturated carbocycles. The molecule has 1 aliphatic heterocycles. The molecule has 0 aromatic heterocycles. The van der Waals surface area contributed by atoms with Crippen LogP contribution in [0.4, 0.5) is 10.5 Å². The molecule has 0 radical (unpaired) electrons. The molecule has 3 rings (SSSR count). The van der Waals surface area contributed by atoms with Crippen molar-refractivity contribution in [3.05, 3.63) is 29.8 Å². The van der Waals surface area contributed by atoms with E-state index in [2.05, 4.69) is 28.1 Å². The minimum Gasteiger partial charge on any atom is -0.383 e. The van der Waals surface area contributed by atoms with Gasteiger partial charge in [-0.15, -0.1) is 0 Å². The molecule has 1 atom stereocenters. The lowest BCUT2D eigenvalue weighted by atomic mass is 9.95. The van der Waals surface area contributed by atoms with Crippen molar-refractivity contribution in [2.75, 3.05) is 11.9 Å². The molecular weight excluding hydrogens is 250 g/mol. The summed E-state index contributed by atoms with van der Waals surface area (Å²) in [6.45, 7) is 0.801. The Morgan fingerprint density at radius 3 is 2.65 bits per heavy atom. The molecule has 1 aromatic carbocycles. The lowest BCUT2D eigenvalue weighted by molar-refractivity contribution is 0.229. The van der Waals surface area contributed by atoms with Gasteiger partial charge in [-0.05, 0) is 30.9 Å². The number of rotatable bonds is 2. The first-order chi connectivity index (χ1) is 9.81. The average molecular weight is 273 g/mol. The Morgan fingerprint density at radius 2 is 1.80 bits per heavy atom. The number of carbonyl (C=O) groups excluding carboxylic acids is 1. The Labute approximate surface area is 120 Å². The quantitative estimate of drug-likeness (QED) is 0.776. The zero-order chi connectivity index (χ0) is 13.8. The van der Waals surface area contributed by atoms with E-state index in [-0.39, 0.29) is 12.1 Å². The summed E-state index contributed by atoms with van der Waals surface area (Å²) >= 11 is 0. The number of anilines is 1. The van der Waals surface area contributed by atoms with Crippen LogP contribution in [0.5, 0.6) is 0 Å². The monoisotopic (exact) mass is 273 g/mol. The Hall–Kier alpha value is -1.71. The normalized spacial score (nSPS) is 22.5. The fourth-order valence-electron chi connectivity index (χ4n) is 3.20. The van der Waals surface area contributed by atoms with Gasteiger partial charge < -0.3 is 16.0 Å². The number of benzene rings is 1. The average Bonchev–Trinajstić information content (AvgIpc) is 2.48. The Bertz CT molecular complexity index is 469. The molecule has 2 aliphatic rings. The van der Waals surface area contributed by atoms with Crippen molar-refractivity contribution in [3.63, 3.8) is 0 Å². The number of hydrogen-bond acceptors (Lipinski definition) is 2. The lowest BCUT2D eigenvalue weighted by Crippen LogP contribution is -2.50. The van der Waals surface area contributed by atoms with Crippen molar-refractivity contribution in [1.29, 1.82) is 0 Å². The smallest absolute Gasteiger partial charge is 0.315 e. The van der Waals surface area contributed by atoms with Gasteiger partial charge in [-0.2, -0.15) is 0 Å². The number of nitrogens with one attached hydrogen (secondary N) is 3. The van der Waals surface area contributed by atoms with Gasteiger partial charge in [0, 0.05) is 18.3 Å². The van der Waals surface area contributed by atoms with Crippen molar-refractivity contribution in [2.24, 2.45) is 0 Å². The summed E-state index contributed by atoms with van der Waals surface area (Å²) in [5.41, 5.74) is 2.47. The minimum absolute atomic E-state index is 0.0110. The van der Waals surface area contributed by atoms with E-state index in [9.17, 15) is 4.79 Å². The molecule has 1 aromatic rings. The van der Waals surface area contributed by atoms with Gasteiger partial charge in [0.05, 0.1) is 6.04 Å². The van der Waals surface area contributed by atoms with Crippen LogP contribution in [0.1, 0.15) is 37.7 Å². The van der Waals surface area contributed by atoms with Crippen molar-refractivity contribution in [1.82, 2.24) is 10.6 Å². The van der Waals surface area contributed by atoms with Crippen molar-refractivity contribution >= 4 is 11.7 Å². The Balaban J connectivity index is 1.50. The molecule has 4 heteroatoms. The van der Waals surface area contributed by atoms with Gasteiger partial charge in [-0.3, -0.25) is 0 Å². The predicted molar refractivity (Wildman–Crippen MR) is 81.0 cm³/mol. The molecular formula is C16H23N3O. The summed E-state index contributed by atoms with van der Waals surface area (Å²) in [7, 11) is 0. The SMILES string of the molecule is O=C(NC1CCCCC1)NC1CNc2ccccc2C1. The number of hydrogen-bond donors (Lipinski definition) is 3. The highest BCUT2D eigenvalue weighted by Crippen LogP contribution is 2.21. The predicted octanol–water partition coefficient (Wildman–Crippen LogP) is 2.66. The molecule has 1 fully saturated rings. The molecule has 20 heavy (non-hydrogen) atoms. The molecule has 3 N–H and O–H groups in total. The van der Waals surface area contributed by atoms with Crippen LogP contribution in [-0.2, 0) is 6.42 Å². The number of carbonyl (C=O) groups is 1. The van der Waals surface area contributed by atoms with Gasteiger partial charge in [0.2, 0.25) is 0 Å². The molecule has 0 saturated heterocycles. The minimum atomic E-state index is -0.0110. The highest BCUT2D eigenvalue weighted by molar-refractivity contribution is 5.75. The van der Waals surface area contributed by atoms with Gasteiger partial charge in [0.15, 0.2) is 0 Å². The zero-order valence-electron chi connectivity index (χ0n) is 11.8. The number of fused-ring (bicyclic) bond motifs is 1. The lowest BCUT2D eigenvalue weighted by Gasteiger charge is -2.28. The molecule has 1 aliphatic carbocycles. The van der Waals surface area contributed by atoms with Crippen LogP contribution in [0.3, 0.4) is 0 Å². The zero-order valence-corrected chi connectivity index (χ0v) is 11.8. The second kappa shape index (κ2) is 6.16. The van der Waals surface area contributed by atoms with Crippen molar-refractivity contribution in [2.45, 2.75) is 50.6 Å². The second-order valence-corrected chi connectivity index (χ2v) is 5.89. The summed E-state index contributed by atoms with van der Waals surface area (Å²) in [5, 5.41) is 9.59. The summed E-state index contributed by atoms with van der Waals surface area (Å²) in [6, 6.07) is 8.83. The molecule has 2 amide bonds. The van der Waals surface area contributed by atoms with Crippen LogP contribution in [0, 0.1) is 0 Å². The van der Waals surface area contributed by atoms with E-state index in [0.29, 0.717) is 6.04 Å². The van der Waals surface area contributed by atoms with Crippen molar-refractivity contribution in [3.8, 4) is 0 Å². The Morgan fingerprint density at radius 1 is 1.05 bits per heavy atom. The number of para-hydroxylation sites is 1. The highest BCUT2D eigenvalue weighted by Gasteiger charge is 2.21. The maximum atomic E-state index is 12.0. The first-order valence-corrected chi connectivity index (χ1v) is 7.70. The molecule has 1 heterocycles. The van der Waals surface area contributed by atoms with Gasteiger partial charge in [0.25, 0.3) is 0 Å². The van der Waals surface area contributed by atoms with Crippen LogP contribution in [-0.4, -0.2) is 24.7 Å². The second-order valence-electron chi connectivity index (χ2n) is 5.89. The first-order valence-electron chi connectivity index (χ1n) is 7.70. The van der Waals surface area contributed by atoms with Crippen LogP contribution < -0.4 is 16.0 Å². The third kappa shape index (κ3) is 3.24. The molecule has 0 bridgehead atoms. The molecule has 1 unspecified atom stereocenters. The standard InChI is InChI=1S/C16H23N3O/c20-16(18-13-7-2-1-3-8-13)19-14-10-12-6-4-5-9-15(12)17-11-14/h4-6,9,13-14,17H,1-3,7-8,10-11H2,(H2,18,19,20). The van der Waals surface area contributed by atoms with E-state index in [1.54, 1.807) is 0 Å². The van der Waals surface area contributed by atoms with Gasteiger partial charge in [-0.25, -0.2) is 4.79 Å². The fraction of sp³-hybridized carbons (Fsp3) is 0.562. The van der Waals surface area contributed by atoms with Gasteiger partial charge in [-0.1, -0.05) is 37.5 Å². The van der Waals surface area contributed by atoms with Gasteiger partial charge in [0.1, 0.15) is 0 Å². The van der Waals surface area contributed by atoms with E-state index >= 15 is 0 Å². The van der Waals surface area contributed by atoms with Crippen LogP contribution in [0.2, 0.25) is 0 Å². The number of amides is 2. The summed E-state index contributed by atoms with van der Waals surface area (Å²) in [4.78, 5) is 12.0. The third-order valence-electron chi connectivity index (χ3n) is 4.30. The fourth-order valence-corrected chi connectivity index (χ4v) is 3.20. The molecule has 108 valence electrons. The summed E-state index contributed by atoms with van der Waals surface area (Å²) < 4.78 is 0. The maximum absolute atomic E-state index is 12.0. The van der Waals surface area contributed by atoms with Gasteiger partial charge >= 0.3 is 6.03 Å².